The molecule has 0 amide bonds. The molecule has 24 heavy (non-hydrogen) atoms. The van der Waals surface area contributed by atoms with E-state index in [9.17, 15) is 0 Å². The topological polar surface area (TPSA) is 33.4 Å². The summed E-state index contributed by atoms with van der Waals surface area (Å²) in [6.45, 7) is 6.54. The van der Waals surface area contributed by atoms with Crippen molar-refractivity contribution in [1.82, 2.24) is 19.3 Å². The van der Waals surface area contributed by atoms with Crippen molar-refractivity contribution >= 4 is 5.78 Å². The maximum atomic E-state index is 4.44. The predicted molar refractivity (Wildman–Crippen MR) is 95.9 cm³/mol. The van der Waals surface area contributed by atoms with Gasteiger partial charge in [0, 0.05) is 25.0 Å². The van der Waals surface area contributed by atoms with E-state index < -0.39 is 0 Å². The smallest absolute Gasteiger partial charge is 0.233 e. The molecule has 0 spiro atoms. The first-order valence-corrected chi connectivity index (χ1v) is 8.81. The van der Waals surface area contributed by atoms with E-state index in [0.717, 1.165) is 18.9 Å². The number of rotatable bonds is 3. The van der Waals surface area contributed by atoms with Crippen molar-refractivity contribution in [3.05, 3.63) is 65.2 Å². The molecule has 0 aliphatic carbocycles. The lowest BCUT2D eigenvalue weighted by Crippen LogP contribution is -2.33. The van der Waals surface area contributed by atoms with Gasteiger partial charge in [0.05, 0.1) is 11.9 Å². The molecule has 0 bridgehead atoms. The molecule has 124 valence electrons. The largest absolute Gasteiger partial charge is 0.291 e. The highest BCUT2D eigenvalue weighted by molar-refractivity contribution is 5.36. The second-order valence-electron chi connectivity index (χ2n) is 6.81. The minimum atomic E-state index is 0.501. The fourth-order valence-electron chi connectivity index (χ4n) is 3.87. The van der Waals surface area contributed by atoms with Crippen LogP contribution in [-0.2, 0) is 6.54 Å². The number of imidazole rings is 1. The fourth-order valence-corrected chi connectivity index (χ4v) is 3.87. The van der Waals surface area contributed by atoms with Gasteiger partial charge in [-0.05, 0) is 56.0 Å². The first-order valence-electron chi connectivity index (χ1n) is 8.81. The van der Waals surface area contributed by atoms with Crippen LogP contribution in [0.1, 0.15) is 47.7 Å². The summed E-state index contributed by atoms with van der Waals surface area (Å²) in [5, 5.41) is 0. The van der Waals surface area contributed by atoms with E-state index in [1.165, 1.54) is 41.6 Å². The van der Waals surface area contributed by atoms with Gasteiger partial charge < -0.3 is 0 Å². The van der Waals surface area contributed by atoms with Gasteiger partial charge in [-0.2, -0.15) is 0 Å². The minimum Gasteiger partial charge on any atom is -0.291 e. The van der Waals surface area contributed by atoms with E-state index in [-0.39, 0.29) is 0 Å². The fraction of sp³-hybridized carbons (Fsp3) is 0.400. The number of likely N-dealkylation sites (tertiary alicyclic amines) is 1. The van der Waals surface area contributed by atoms with Crippen LogP contribution in [0.3, 0.4) is 0 Å². The van der Waals surface area contributed by atoms with Crippen molar-refractivity contribution in [2.24, 2.45) is 0 Å². The van der Waals surface area contributed by atoms with Crippen molar-refractivity contribution in [2.45, 2.75) is 45.7 Å². The summed E-state index contributed by atoms with van der Waals surface area (Å²) >= 11 is 0. The third-order valence-electron chi connectivity index (χ3n) is 5.35. The second kappa shape index (κ2) is 6.36. The molecule has 1 aliphatic heterocycles. The van der Waals surface area contributed by atoms with Gasteiger partial charge in [-0.1, -0.05) is 24.6 Å². The van der Waals surface area contributed by atoms with Crippen LogP contribution in [0.5, 0.6) is 0 Å². The maximum absolute atomic E-state index is 4.44. The third-order valence-corrected chi connectivity index (χ3v) is 5.35. The number of hydrogen-bond donors (Lipinski definition) is 0. The molecule has 2 aromatic heterocycles. The quantitative estimate of drug-likeness (QED) is 0.729. The van der Waals surface area contributed by atoms with Crippen molar-refractivity contribution in [3.63, 3.8) is 0 Å². The van der Waals surface area contributed by atoms with Gasteiger partial charge in [0.2, 0.25) is 5.78 Å². The van der Waals surface area contributed by atoms with Crippen LogP contribution in [-0.4, -0.2) is 25.8 Å². The summed E-state index contributed by atoms with van der Waals surface area (Å²) in [6.07, 6.45) is 9.64. The van der Waals surface area contributed by atoms with Crippen LogP contribution in [0.15, 0.2) is 42.9 Å². The van der Waals surface area contributed by atoms with E-state index in [4.69, 9.17) is 0 Å². The predicted octanol–water partition coefficient (Wildman–Crippen LogP) is 4.07. The van der Waals surface area contributed by atoms with E-state index in [0.29, 0.717) is 6.04 Å². The zero-order chi connectivity index (χ0) is 16.5. The Labute approximate surface area is 143 Å². The van der Waals surface area contributed by atoms with Crippen molar-refractivity contribution in [2.75, 3.05) is 6.54 Å². The number of aromatic nitrogens is 3. The highest BCUT2D eigenvalue weighted by Gasteiger charge is 2.26. The van der Waals surface area contributed by atoms with Gasteiger partial charge in [-0.3, -0.25) is 9.30 Å². The molecule has 1 aliphatic rings. The SMILES string of the molecule is Cc1cccc([C@@H]2CCCCN2Cc2cnc3ncccn23)c1C. The molecule has 1 aromatic carbocycles. The Kier molecular flexibility index (Phi) is 4.07. The maximum Gasteiger partial charge on any atom is 0.233 e. The first-order chi connectivity index (χ1) is 11.7. The van der Waals surface area contributed by atoms with Gasteiger partial charge in [0.25, 0.3) is 0 Å². The van der Waals surface area contributed by atoms with Gasteiger partial charge in [-0.15, -0.1) is 0 Å². The van der Waals surface area contributed by atoms with Crippen molar-refractivity contribution < 1.29 is 0 Å². The summed E-state index contributed by atoms with van der Waals surface area (Å²) in [5.74, 6) is 0.785. The summed E-state index contributed by atoms with van der Waals surface area (Å²) in [6, 6.07) is 9.18. The average Bonchev–Trinajstić information content (AvgIpc) is 3.01. The van der Waals surface area contributed by atoms with Crippen LogP contribution in [0.2, 0.25) is 0 Å². The Bertz CT molecular complexity index is 852. The van der Waals surface area contributed by atoms with Gasteiger partial charge >= 0.3 is 0 Å². The summed E-state index contributed by atoms with van der Waals surface area (Å²) in [5.41, 5.74) is 5.53. The molecule has 4 rings (SSSR count). The summed E-state index contributed by atoms with van der Waals surface area (Å²) in [7, 11) is 0. The Morgan fingerprint density at radius 3 is 2.96 bits per heavy atom. The second-order valence-corrected chi connectivity index (χ2v) is 6.81. The minimum absolute atomic E-state index is 0.501. The Hall–Kier alpha value is -2.20. The lowest BCUT2D eigenvalue weighted by atomic mass is 9.90. The van der Waals surface area contributed by atoms with Gasteiger partial charge in [0.15, 0.2) is 0 Å². The van der Waals surface area contributed by atoms with Crippen LogP contribution in [0.25, 0.3) is 5.78 Å². The molecule has 4 heteroatoms. The van der Waals surface area contributed by atoms with Gasteiger partial charge in [-0.25, -0.2) is 9.97 Å². The molecule has 0 N–H and O–H groups in total. The first kappa shape index (κ1) is 15.3. The average molecular weight is 320 g/mol. The number of fused-ring (bicyclic) bond motifs is 1. The molecule has 0 radical (unpaired) electrons. The highest BCUT2D eigenvalue weighted by Crippen LogP contribution is 2.34. The highest BCUT2D eigenvalue weighted by atomic mass is 15.2. The van der Waals surface area contributed by atoms with Crippen LogP contribution in [0, 0.1) is 13.8 Å². The van der Waals surface area contributed by atoms with E-state index in [1.807, 2.05) is 12.3 Å². The molecule has 3 aromatic rings. The monoisotopic (exact) mass is 320 g/mol. The number of aryl methyl sites for hydroxylation is 1. The van der Waals surface area contributed by atoms with Gasteiger partial charge in [0.1, 0.15) is 0 Å². The van der Waals surface area contributed by atoms with Crippen molar-refractivity contribution in [1.29, 1.82) is 0 Å². The van der Waals surface area contributed by atoms with Crippen LogP contribution < -0.4 is 0 Å². The standard InChI is InChI=1S/C20H24N4/c1-15-7-5-8-18(16(15)2)19-9-3-4-11-23(19)14-17-13-22-20-21-10-6-12-24(17)20/h5-8,10,12-13,19H,3-4,9,11,14H2,1-2H3/t19-/m0/s1. The molecule has 1 fully saturated rings. The Morgan fingerprint density at radius 2 is 2.04 bits per heavy atom. The number of piperidine rings is 1. The molecule has 0 unspecified atom stereocenters. The third kappa shape index (κ3) is 2.71. The van der Waals surface area contributed by atoms with Crippen molar-refractivity contribution in [3.8, 4) is 0 Å². The number of hydrogen-bond acceptors (Lipinski definition) is 3. The molecular weight excluding hydrogens is 296 g/mol. The van der Waals surface area contributed by atoms with E-state index in [1.54, 1.807) is 6.20 Å². The van der Waals surface area contributed by atoms with E-state index >= 15 is 0 Å². The number of nitrogens with zero attached hydrogens (tertiary/aromatic N) is 4. The number of benzene rings is 1. The zero-order valence-electron chi connectivity index (χ0n) is 14.4. The lowest BCUT2D eigenvalue weighted by Gasteiger charge is -2.37. The van der Waals surface area contributed by atoms with Crippen LogP contribution >= 0.6 is 0 Å². The Morgan fingerprint density at radius 1 is 1.12 bits per heavy atom. The van der Waals surface area contributed by atoms with Crippen LogP contribution in [0.4, 0.5) is 0 Å². The summed E-state index contributed by atoms with van der Waals surface area (Å²) in [4.78, 5) is 11.4. The molecule has 0 saturated carbocycles. The lowest BCUT2D eigenvalue weighted by molar-refractivity contribution is 0.138. The molecular formula is C20H24N4. The molecule has 3 heterocycles. The summed E-state index contributed by atoms with van der Waals surface area (Å²) < 4.78 is 2.11. The molecule has 1 atom stereocenters. The van der Waals surface area contributed by atoms with E-state index in [2.05, 4.69) is 57.5 Å². The molecule has 1 saturated heterocycles. The Balaban J connectivity index is 1.66. The zero-order valence-corrected chi connectivity index (χ0v) is 14.4. The normalized spacial score (nSPS) is 19.0. The molecule has 4 nitrogen and oxygen atoms in total.